The summed E-state index contributed by atoms with van der Waals surface area (Å²) in [5, 5.41) is 1.22. The van der Waals surface area contributed by atoms with Crippen LogP contribution in [0.2, 0.25) is 0 Å². The lowest BCUT2D eigenvalue weighted by Crippen LogP contribution is -2.48. The molecule has 3 rings (SSSR count). The third-order valence-corrected chi connectivity index (χ3v) is 4.20. The normalized spacial score (nSPS) is 16.5. The Morgan fingerprint density at radius 3 is 2.85 bits per heavy atom. The quantitative estimate of drug-likeness (QED) is 0.878. The summed E-state index contributed by atoms with van der Waals surface area (Å²) >= 11 is 0. The van der Waals surface area contributed by atoms with Gasteiger partial charge in [0.15, 0.2) is 0 Å². The number of amides is 1. The van der Waals surface area contributed by atoms with E-state index in [4.69, 9.17) is 5.73 Å². The fourth-order valence-corrected chi connectivity index (χ4v) is 2.85. The molecule has 0 aliphatic carbocycles. The third-order valence-electron chi connectivity index (χ3n) is 4.20. The molecular formula is C16H21N3O. The van der Waals surface area contributed by atoms with Gasteiger partial charge in [-0.3, -0.25) is 4.79 Å². The molecule has 0 saturated carbocycles. The summed E-state index contributed by atoms with van der Waals surface area (Å²) in [5.74, 6) is 0.239. The fourth-order valence-electron chi connectivity index (χ4n) is 2.85. The molecule has 4 nitrogen and oxygen atoms in total. The minimum absolute atomic E-state index is 0.0657. The van der Waals surface area contributed by atoms with Gasteiger partial charge in [-0.05, 0) is 12.0 Å². The Morgan fingerprint density at radius 1 is 1.35 bits per heavy atom. The van der Waals surface area contributed by atoms with Gasteiger partial charge >= 0.3 is 0 Å². The molecular weight excluding hydrogens is 250 g/mol. The Balaban J connectivity index is 1.90. The molecule has 1 aliphatic rings. The van der Waals surface area contributed by atoms with Gasteiger partial charge in [0.1, 0.15) is 0 Å². The second kappa shape index (κ2) is 4.94. The summed E-state index contributed by atoms with van der Waals surface area (Å²) in [4.78, 5) is 17.8. The number of nitrogens with two attached hydrogens (primary N) is 1. The standard InChI is InChI=1S/C16H21N3O/c1-10(2)15(17)16(20)19-8-7-14-12(9-19)11-5-3-4-6-13(11)18-14/h3-6,10,15,18H,7-9,17H2,1-2H3/t15-/m1/s1. The van der Waals surface area contributed by atoms with E-state index in [1.165, 1.54) is 16.6 Å². The van der Waals surface area contributed by atoms with Crippen molar-refractivity contribution in [2.45, 2.75) is 32.9 Å². The monoisotopic (exact) mass is 271 g/mol. The lowest BCUT2D eigenvalue weighted by molar-refractivity contribution is -0.134. The van der Waals surface area contributed by atoms with Crippen molar-refractivity contribution in [2.75, 3.05) is 6.54 Å². The van der Waals surface area contributed by atoms with E-state index >= 15 is 0 Å². The van der Waals surface area contributed by atoms with E-state index in [-0.39, 0.29) is 11.8 Å². The Morgan fingerprint density at radius 2 is 2.10 bits per heavy atom. The number of para-hydroxylation sites is 1. The first kappa shape index (κ1) is 13.2. The fraction of sp³-hybridized carbons (Fsp3) is 0.438. The van der Waals surface area contributed by atoms with Gasteiger partial charge in [-0.15, -0.1) is 0 Å². The van der Waals surface area contributed by atoms with E-state index in [1.807, 2.05) is 30.9 Å². The van der Waals surface area contributed by atoms with E-state index < -0.39 is 6.04 Å². The van der Waals surface area contributed by atoms with Gasteiger partial charge < -0.3 is 15.6 Å². The van der Waals surface area contributed by atoms with Gasteiger partial charge in [0.2, 0.25) is 5.91 Å². The largest absolute Gasteiger partial charge is 0.358 e. The molecule has 1 atom stereocenters. The number of benzene rings is 1. The van der Waals surface area contributed by atoms with Gasteiger partial charge in [-0.2, -0.15) is 0 Å². The van der Waals surface area contributed by atoms with Crippen molar-refractivity contribution < 1.29 is 4.79 Å². The van der Waals surface area contributed by atoms with Crippen LogP contribution in [0.5, 0.6) is 0 Å². The predicted octanol–water partition coefficient (Wildman–Crippen LogP) is 2.04. The molecule has 4 heteroatoms. The number of aromatic amines is 1. The Hall–Kier alpha value is -1.81. The maximum atomic E-state index is 12.4. The number of rotatable bonds is 2. The van der Waals surface area contributed by atoms with Crippen molar-refractivity contribution in [2.24, 2.45) is 11.7 Å². The maximum Gasteiger partial charge on any atom is 0.240 e. The number of aromatic nitrogens is 1. The Kier molecular flexibility index (Phi) is 3.26. The number of H-pyrrole nitrogens is 1. The summed E-state index contributed by atoms with van der Waals surface area (Å²) in [6.45, 7) is 5.39. The highest BCUT2D eigenvalue weighted by Gasteiger charge is 2.28. The van der Waals surface area contributed by atoms with Crippen molar-refractivity contribution in [1.29, 1.82) is 0 Å². The molecule has 0 fully saturated rings. The number of hydrogen-bond acceptors (Lipinski definition) is 2. The number of nitrogens with one attached hydrogen (secondary N) is 1. The molecule has 3 N–H and O–H groups in total. The van der Waals surface area contributed by atoms with Crippen LogP contribution in [0, 0.1) is 5.92 Å². The van der Waals surface area contributed by atoms with E-state index in [0.717, 1.165) is 18.5 Å². The zero-order valence-electron chi connectivity index (χ0n) is 12.0. The predicted molar refractivity (Wildman–Crippen MR) is 80.2 cm³/mol. The summed E-state index contributed by atoms with van der Waals surface area (Å²) < 4.78 is 0. The molecule has 0 radical (unpaired) electrons. The van der Waals surface area contributed by atoms with Gasteiger partial charge in [0.25, 0.3) is 0 Å². The molecule has 106 valence electrons. The minimum atomic E-state index is -0.401. The van der Waals surface area contributed by atoms with Crippen LogP contribution < -0.4 is 5.73 Å². The topological polar surface area (TPSA) is 62.1 Å². The maximum absolute atomic E-state index is 12.4. The second-order valence-electron chi connectivity index (χ2n) is 5.91. The first-order chi connectivity index (χ1) is 9.58. The average Bonchev–Trinajstić information content (AvgIpc) is 2.83. The third kappa shape index (κ3) is 2.10. The van der Waals surface area contributed by atoms with Crippen LogP contribution in [0.3, 0.4) is 0 Å². The van der Waals surface area contributed by atoms with Crippen LogP contribution in [-0.4, -0.2) is 28.4 Å². The van der Waals surface area contributed by atoms with E-state index in [1.54, 1.807) is 0 Å². The molecule has 2 aromatic rings. The van der Waals surface area contributed by atoms with Crippen molar-refractivity contribution >= 4 is 16.8 Å². The highest BCUT2D eigenvalue weighted by Crippen LogP contribution is 2.27. The molecule has 0 bridgehead atoms. The second-order valence-corrected chi connectivity index (χ2v) is 5.91. The molecule has 0 spiro atoms. The molecule has 20 heavy (non-hydrogen) atoms. The van der Waals surface area contributed by atoms with Gasteiger partial charge in [0, 0.05) is 41.7 Å². The SMILES string of the molecule is CC(C)[C@@H](N)C(=O)N1CCc2[nH]c3ccccc3c2C1. The molecule has 2 heterocycles. The lowest BCUT2D eigenvalue weighted by atomic mass is 10.0. The Bertz CT molecular complexity index is 644. The number of carbonyl (C=O) groups excluding carboxylic acids is 1. The molecule has 0 unspecified atom stereocenters. The zero-order valence-corrected chi connectivity index (χ0v) is 12.0. The molecule has 1 amide bonds. The highest BCUT2D eigenvalue weighted by atomic mass is 16.2. The number of hydrogen-bond donors (Lipinski definition) is 2. The lowest BCUT2D eigenvalue weighted by Gasteiger charge is -2.30. The summed E-state index contributed by atoms with van der Waals surface area (Å²) in [5.41, 5.74) is 9.66. The van der Waals surface area contributed by atoms with E-state index in [0.29, 0.717) is 6.54 Å². The first-order valence-corrected chi connectivity index (χ1v) is 7.20. The first-order valence-electron chi connectivity index (χ1n) is 7.20. The number of fused-ring (bicyclic) bond motifs is 3. The molecule has 0 saturated heterocycles. The Labute approximate surface area is 118 Å². The van der Waals surface area contributed by atoms with Crippen LogP contribution >= 0.6 is 0 Å². The van der Waals surface area contributed by atoms with Crippen LogP contribution in [0.25, 0.3) is 10.9 Å². The van der Waals surface area contributed by atoms with Gasteiger partial charge in [0.05, 0.1) is 6.04 Å². The molecule has 1 aromatic carbocycles. The van der Waals surface area contributed by atoms with Gasteiger partial charge in [-0.25, -0.2) is 0 Å². The van der Waals surface area contributed by atoms with E-state index in [2.05, 4.69) is 17.1 Å². The number of carbonyl (C=O) groups is 1. The van der Waals surface area contributed by atoms with Crippen molar-refractivity contribution in [1.82, 2.24) is 9.88 Å². The highest BCUT2D eigenvalue weighted by molar-refractivity contribution is 5.87. The van der Waals surface area contributed by atoms with Crippen LogP contribution in [0.15, 0.2) is 24.3 Å². The van der Waals surface area contributed by atoms with Crippen LogP contribution in [0.1, 0.15) is 25.1 Å². The summed E-state index contributed by atoms with van der Waals surface area (Å²) in [7, 11) is 0. The smallest absolute Gasteiger partial charge is 0.240 e. The summed E-state index contributed by atoms with van der Waals surface area (Å²) in [6, 6.07) is 7.86. The van der Waals surface area contributed by atoms with Crippen molar-refractivity contribution in [3.63, 3.8) is 0 Å². The van der Waals surface area contributed by atoms with Crippen LogP contribution in [-0.2, 0) is 17.8 Å². The van der Waals surface area contributed by atoms with Gasteiger partial charge in [-0.1, -0.05) is 32.0 Å². The number of nitrogens with zero attached hydrogens (tertiary/aromatic N) is 1. The van der Waals surface area contributed by atoms with Crippen molar-refractivity contribution in [3.05, 3.63) is 35.5 Å². The minimum Gasteiger partial charge on any atom is -0.358 e. The van der Waals surface area contributed by atoms with Crippen LogP contribution in [0.4, 0.5) is 0 Å². The zero-order chi connectivity index (χ0) is 14.3. The average molecular weight is 271 g/mol. The molecule has 1 aromatic heterocycles. The van der Waals surface area contributed by atoms with Crippen molar-refractivity contribution in [3.8, 4) is 0 Å². The molecule has 1 aliphatic heterocycles. The summed E-state index contributed by atoms with van der Waals surface area (Å²) in [6.07, 6.45) is 0.876. The van der Waals surface area contributed by atoms with E-state index in [9.17, 15) is 4.79 Å².